The highest BCUT2D eigenvalue weighted by atomic mass is 16.1. The van der Waals surface area contributed by atoms with Crippen LogP contribution >= 0.6 is 0 Å². The Morgan fingerprint density at radius 3 is 2.39 bits per heavy atom. The molecular weight excluding hydrogens is 286 g/mol. The fraction of sp³-hybridized carbons (Fsp3) is 0.368. The molecule has 1 aromatic heterocycles. The molecule has 4 nitrogen and oxygen atoms in total. The van der Waals surface area contributed by atoms with Crippen molar-refractivity contribution in [2.24, 2.45) is 0 Å². The summed E-state index contributed by atoms with van der Waals surface area (Å²) in [7, 11) is 0. The third-order valence-corrected chi connectivity index (χ3v) is 3.57. The molecule has 1 amide bonds. The molecule has 2 rings (SSSR count). The van der Waals surface area contributed by atoms with E-state index in [0.29, 0.717) is 12.2 Å². The lowest BCUT2D eigenvalue weighted by atomic mass is 9.87. The lowest BCUT2D eigenvalue weighted by Crippen LogP contribution is -2.24. The number of pyridine rings is 1. The van der Waals surface area contributed by atoms with E-state index in [-0.39, 0.29) is 11.3 Å². The molecule has 0 aliphatic rings. The number of amides is 1. The van der Waals surface area contributed by atoms with Crippen LogP contribution in [0.4, 0.5) is 11.4 Å². The molecule has 2 aromatic rings. The van der Waals surface area contributed by atoms with Crippen LogP contribution in [0.5, 0.6) is 0 Å². The van der Waals surface area contributed by atoms with Gasteiger partial charge in [-0.05, 0) is 41.7 Å². The van der Waals surface area contributed by atoms with Crippen LogP contribution < -0.4 is 10.6 Å². The second-order valence-electron chi connectivity index (χ2n) is 6.64. The molecule has 0 unspecified atom stereocenters. The van der Waals surface area contributed by atoms with Crippen LogP contribution in [0.25, 0.3) is 0 Å². The van der Waals surface area contributed by atoms with Crippen molar-refractivity contribution in [3.05, 3.63) is 53.9 Å². The van der Waals surface area contributed by atoms with Gasteiger partial charge >= 0.3 is 0 Å². The molecule has 0 saturated carbocycles. The standard InChI is InChI=1S/C19H25N3O/c1-5-11-21-18(23)17-13-16(10-12-20-17)22-15-8-6-14(7-9-15)19(2,3)4/h6-10,12-13H,5,11H2,1-4H3,(H,20,22)(H,21,23). The van der Waals surface area contributed by atoms with Gasteiger partial charge in [0.1, 0.15) is 5.69 Å². The lowest BCUT2D eigenvalue weighted by Gasteiger charge is -2.19. The first-order chi connectivity index (χ1) is 10.9. The van der Waals surface area contributed by atoms with Gasteiger partial charge < -0.3 is 10.6 Å². The predicted molar refractivity (Wildman–Crippen MR) is 95.3 cm³/mol. The van der Waals surface area contributed by atoms with Crippen LogP contribution in [0, 0.1) is 0 Å². The second kappa shape index (κ2) is 7.27. The maximum atomic E-state index is 12.0. The number of hydrogen-bond acceptors (Lipinski definition) is 3. The summed E-state index contributed by atoms with van der Waals surface area (Å²) in [5, 5.41) is 6.15. The molecule has 122 valence electrons. The van der Waals surface area contributed by atoms with Gasteiger partial charge in [0, 0.05) is 24.1 Å². The molecular formula is C19H25N3O. The zero-order chi connectivity index (χ0) is 16.9. The summed E-state index contributed by atoms with van der Waals surface area (Å²) in [6.07, 6.45) is 2.55. The number of nitrogens with one attached hydrogen (secondary N) is 2. The molecule has 0 fully saturated rings. The monoisotopic (exact) mass is 311 g/mol. The molecule has 1 heterocycles. The number of rotatable bonds is 5. The van der Waals surface area contributed by atoms with Gasteiger partial charge in [-0.1, -0.05) is 39.8 Å². The van der Waals surface area contributed by atoms with Gasteiger partial charge in [0.05, 0.1) is 0 Å². The third kappa shape index (κ3) is 4.81. The highest BCUT2D eigenvalue weighted by Gasteiger charge is 2.13. The van der Waals surface area contributed by atoms with Crippen LogP contribution in [-0.4, -0.2) is 17.4 Å². The van der Waals surface area contributed by atoms with Crippen molar-refractivity contribution < 1.29 is 4.79 Å². The molecule has 4 heteroatoms. The molecule has 0 bridgehead atoms. The average Bonchev–Trinajstić information content (AvgIpc) is 2.52. The van der Waals surface area contributed by atoms with Crippen molar-refractivity contribution in [2.75, 3.05) is 11.9 Å². The fourth-order valence-corrected chi connectivity index (χ4v) is 2.18. The lowest BCUT2D eigenvalue weighted by molar-refractivity contribution is 0.0948. The Labute approximate surface area is 138 Å². The Morgan fingerprint density at radius 2 is 1.78 bits per heavy atom. The van der Waals surface area contributed by atoms with Gasteiger partial charge in [-0.2, -0.15) is 0 Å². The van der Waals surface area contributed by atoms with E-state index >= 15 is 0 Å². The first-order valence-corrected chi connectivity index (χ1v) is 8.02. The number of carbonyl (C=O) groups excluding carboxylic acids is 1. The summed E-state index contributed by atoms with van der Waals surface area (Å²) in [4.78, 5) is 16.1. The number of nitrogens with zero attached hydrogens (tertiary/aromatic N) is 1. The minimum Gasteiger partial charge on any atom is -0.355 e. The third-order valence-electron chi connectivity index (χ3n) is 3.57. The quantitative estimate of drug-likeness (QED) is 0.867. The van der Waals surface area contributed by atoms with Gasteiger partial charge in [-0.25, -0.2) is 0 Å². The van der Waals surface area contributed by atoms with Gasteiger partial charge in [-0.3, -0.25) is 9.78 Å². The van der Waals surface area contributed by atoms with Crippen LogP contribution in [-0.2, 0) is 5.41 Å². The van der Waals surface area contributed by atoms with Crippen LogP contribution in [0.1, 0.15) is 50.2 Å². The summed E-state index contributed by atoms with van der Waals surface area (Å²) >= 11 is 0. The van der Waals surface area contributed by atoms with E-state index in [1.165, 1.54) is 5.56 Å². The predicted octanol–water partition coefficient (Wildman–Crippen LogP) is 4.26. The van der Waals surface area contributed by atoms with Gasteiger partial charge in [0.25, 0.3) is 5.91 Å². The molecule has 0 radical (unpaired) electrons. The molecule has 0 spiro atoms. The minimum absolute atomic E-state index is 0.139. The van der Waals surface area contributed by atoms with E-state index in [4.69, 9.17) is 0 Å². The van der Waals surface area contributed by atoms with Crippen molar-refractivity contribution in [2.45, 2.75) is 39.5 Å². The first-order valence-electron chi connectivity index (χ1n) is 8.02. The largest absolute Gasteiger partial charge is 0.355 e. The van der Waals surface area contributed by atoms with E-state index < -0.39 is 0 Å². The molecule has 23 heavy (non-hydrogen) atoms. The number of benzene rings is 1. The number of anilines is 2. The zero-order valence-corrected chi connectivity index (χ0v) is 14.3. The minimum atomic E-state index is -0.140. The van der Waals surface area contributed by atoms with E-state index in [1.807, 2.05) is 13.0 Å². The summed E-state index contributed by atoms with van der Waals surface area (Å²) in [5.74, 6) is -0.140. The first kappa shape index (κ1) is 17.0. The van der Waals surface area contributed by atoms with Crippen LogP contribution in [0.3, 0.4) is 0 Å². The Kier molecular flexibility index (Phi) is 5.37. The summed E-state index contributed by atoms with van der Waals surface area (Å²) in [6, 6.07) is 12.0. The summed E-state index contributed by atoms with van der Waals surface area (Å²) < 4.78 is 0. The second-order valence-corrected chi connectivity index (χ2v) is 6.64. The molecule has 0 atom stereocenters. The average molecular weight is 311 g/mol. The molecule has 2 N–H and O–H groups in total. The van der Waals surface area contributed by atoms with E-state index in [1.54, 1.807) is 12.3 Å². The number of carbonyl (C=O) groups is 1. The highest BCUT2D eigenvalue weighted by Crippen LogP contribution is 2.24. The van der Waals surface area contributed by atoms with Gasteiger partial charge in [0.15, 0.2) is 0 Å². The summed E-state index contributed by atoms with van der Waals surface area (Å²) in [5.41, 5.74) is 3.70. The fourth-order valence-electron chi connectivity index (χ4n) is 2.18. The molecule has 0 aliphatic carbocycles. The van der Waals surface area contributed by atoms with Crippen LogP contribution in [0.2, 0.25) is 0 Å². The Bertz CT molecular complexity index is 657. The van der Waals surface area contributed by atoms with Crippen molar-refractivity contribution in [3.8, 4) is 0 Å². The molecule has 1 aromatic carbocycles. The van der Waals surface area contributed by atoms with Crippen molar-refractivity contribution >= 4 is 17.3 Å². The van der Waals surface area contributed by atoms with Crippen LogP contribution in [0.15, 0.2) is 42.6 Å². The number of aromatic nitrogens is 1. The van der Waals surface area contributed by atoms with Crippen molar-refractivity contribution in [1.29, 1.82) is 0 Å². The smallest absolute Gasteiger partial charge is 0.269 e. The Hall–Kier alpha value is -2.36. The normalized spacial score (nSPS) is 11.1. The topological polar surface area (TPSA) is 54.0 Å². The van der Waals surface area contributed by atoms with E-state index in [9.17, 15) is 4.79 Å². The Morgan fingerprint density at radius 1 is 1.09 bits per heavy atom. The maximum Gasteiger partial charge on any atom is 0.269 e. The maximum absolute atomic E-state index is 12.0. The van der Waals surface area contributed by atoms with Gasteiger partial charge in [0.2, 0.25) is 0 Å². The SMILES string of the molecule is CCCNC(=O)c1cc(Nc2ccc(C(C)(C)C)cc2)ccn1. The Balaban J connectivity index is 2.10. The zero-order valence-electron chi connectivity index (χ0n) is 14.3. The van der Waals surface area contributed by atoms with Crippen molar-refractivity contribution in [3.63, 3.8) is 0 Å². The highest BCUT2D eigenvalue weighted by molar-refractivity contribution is 5.93. The molecule has 0 aliphatic heterocycles. The van der Waals surface area contributed by atoms with Gasteiger partial charge in [-0.15, -0.1) is 0 Å². The number of hydrogen-bond donors (Lipinski definition) is 2. The summed E-state index contributed by atoms with van der Waals surface area (Å²) in [6.45, 7) is 9.26. The van der Waals surface area contributed by atoms with Crippen molar-refractivity contribution in [1.82, 2.24) is 10.3 Å². The molecule has 0 saturated heterocycles. The van der Waals surface area contributed by atoms with E-state index in [2.05, 4.69) is 60.7 Å². The van der Waals surface area contributed by atoms with E-state index in [0.717, 1.165) is 17.8 Å².